The maximum atomic E-state index is 6.13. The Hall–Kier alpha value is -1.14. The lowest BCUT2D eigenvalue weighted by Gasteiger charge is -2.25. The summed E-state index contributed by atoms with van der Waals surface area (Å²) in [6.45, 7) is 4.64. The van der Waals surface area contributed by atoms with Gasteiger partial charge in [-0.15, -0.1) is 0 Å². The molecule has 20 heavy (non-hydrogen) atoms. The summed E-state index contributed by atoms with van der Waals surface area (Å²) < 4.78 is 5.28. The van der Waals surface area contributed by atoms with Gasteiger partial charge in [-0.1, -0.05) is 28.4 Å². The quantitative estimate of drug-likeness (QED) is 0.943. The zero-order valence-corrected chi connectivity index (χ0v) is 12.3. The third-order valence-corrected chi connectivity index (χ3v) is 3.77. The van der Waals surface area contributed by atoms with Gasteiger partial charge in [-0.05, 0) is 18.2 Å². The van der Waals surface area contributed by atoms with Crippen molar-refractivity contribution in [2.75, 3.05) is 26.2 Å². The fourth-order valence-electron chi connectivity index (χ4n) is 2.16. The first-order chi connectivity index (χ1) is 9.72. The summed E-state index contributed by atoms with van der Waals surface area (Å²) in [6.07, 6.45) is 0. The fraction of sp³-hybridized carbons (Fsp3) is 0.385. The third-order valence-electron chi connectivity index (χ3n) is 3.20. The van der Waals surface area contributed by atoms with Crippen molar-refractivity contribution < 1.29 is 4.52 Å². The van der Waals surface area contributed by atoms with Crippen LogP contribution in [0.1, 0.15) is 5.82 Å². The Kier molecular flexibility index (Phi) is 4.21. The largest absolute Gasteiger partial charge is 0.334 e. The van der Waals surface area contributed by atoms with Gasteiger partial charge >= 0.3 is 0 Å². The highest BCUT2D eigenvalue weighted by Crippen LogP contribution is 2.29. The highest BCUT2D eigenvalue weighted by atomic mass is 35.5. The summed E-state index contributed by atoms with van der Waals surface area (Å²) in [5, 5.41) is 8.45. The third kappa shape index (κ3) is 3.12. The van der Waals surface area contributed by atoms with Gasteiger partial charge in [0.2, 0.25) is 0 Å². The molecule has 1 aromatic carbocycles. The Morgan fingerprint density at radius 3 is 2.85 bits per heavy atom. The average molecular weight is 313 g/mol. The minimum atomic E-state index is 0.405. The Morgan fingerprint density at radius 1 is 1.25 bits per heavy atom. The highest BCUT2D eigenvalue weighted by Gasteiger charge is 2.16. The Bertz CT molecular complexity index is 596. The van der Waals surface area contributed by atoms with Crippen LogP contribution in [0.15, 0.2) is 22.7 Å². The van der Waals surface area contributed by atoms with Gasteiger partial charge in [-0.25, -0.2) is 0 Å². The van der Waals surface area contributed by atoms with Crippen molar-refractivity contribution in [2.45, 2.75) is 6.54 Å². The number of rotatable bonds is 3. The molecule has 1 aliphatic rings. The van der Waals surface area contributed by atoms with E-state index in [4.69, 9.17) is 27.7 Å². The zero-order valence-electron chi connectivity index (χ0n) is 10.8. The number of nitrogens with zero attached hydrogens (tertiary/aromatic N) is 3. The van der Waals surface area contributed by atoms with Crippen molar-refractivity contribution in [3.63, 3.8) is 0 Å². The van der Waals surface area contributed by atoms with E-state index >= 15 is 0 Å². The van der Waals surface area contributed by atoms with Crippen LogP contribution in [0.25, 0.3) is 11.5 Å². The molecule has 3 rings (SSSR count). The van der Waals surface area contributed by atoms with Crippen LogP contribution >= 0.6 is 23.2 Å². The summed E-state index contributed by atoms with van der Waals surface area (Å²) in [4.78, 5) is 6.68. The topological polar surface area (TPSA) is 54.2 Å². The number of aromatic nitrogens is 2. The first-order valence-electron chi connectivity index (χ1n) is 6.43. The summed E-state index contributed by atoms with van der Waals surface area (Å²) in [5.74, 6) is 1.07. The molecule has 7 heteroatoms. The summed E-state index contributed by atoms with van der Waals surface area (Å²) in [6, 6.07) is 5.18. The summed E-state index contributed by atoms with van der Waals surface area (Å²) >= 11 is 12.1. The monoisotopic (exact) mass is 312 g/mol. The molecule has 0 saturated carbocycles. The lowest BCUT2D eigenvalue weighted by atomic mass is 10.2. The van der Waals surface area contributed by atoms with Gasteiger partial charge in [0.15, 0.2) is 5.82 Å². The van der Waals surface area contributed by atoms with Crippen LogP contribution in [0, 0.1) is 0 Å². The van der Waals surface area contributed by atoms with Gasteiger partial charge in [0, 0.05) is 31.2 Å². The molecule has 106 valence electrons. The SMILES string of the molecule is Clc1ccc(Cl)c(-c2nc(CN3CCNCC3)no2)c1. The van der Waals surface area contributed by atoms with Gasteiger partial charge in [-0.3, -0.25) is 4.90 Å². The molecule has 0 atom stereocenters. The van der Waals surface area contributed by atoms with Gasteiger partial charge in [-0.2, -0.15) is 4.98 Å². The molecule has 2 heterocycles. The molecule has 0 spiro atoms. The Morgan fingerprint density at radius 2 is 2.05 bits per heavy atom. The normalized spacial score (nSPS) is 16.5. The maximum Gasteiger partial charge on any atom is 0.259 e. The molecule has 0 aliphatic carbocycles. The van der Waals surface area contributed by atoms with E-state index in [1.54, 1.807) is 18.2 Å². The average Bonchev–Trinajstić information content (AvgIpc) is 2.91. The maximum absolute atomic E-state index is 6.13. The molecule has 1 saturated heterocycles. The van der Waals surface area contributed by atoms with E-state index in [1.165, 1.54) is 0 Å². The fourth-order valence-corrected chi connectivity index (χ4v) is 2.53. The molecule has 0 bridgehead atoms. The summed E-state index contributed by atoms with van der Waals surface area (Å²) in [7, 11) is 0. The molecule has 0 radical (unpaired) electrons. The number of piperazine rings is 1. The Balaban J connectivity index is 1.77. The Labute approximate surface area is 126 Å². The molecule has 5 nitrogen and oxygen atoms in total. The second-order valence-corrected chi connectivity index (χ2v) is 5.51. The van der Waals surface area contributed by atoms with Gasteiger partial charge in [0.1, 0.15) is 0 Å². The smallest absolute Gasteiger partial charge is 0.259 e. The van der Waals surface area contributed by atoms with Crippen LogP contribution in [0.4, 0.5) is 0 Å². The van der Waals surface area contributed by atoms with E-state index in [9.17, 15) is 0 Å². The van der Waals surface area contributed by atoms with Crippen LogP contribution in [0.5, 0.6) is 0 Å². The van der Waals surface area contributed by atoms with E-state index < -0.39 is 0 Å². The van der Waals surface area contributed by atoms with Crippen molar-refractivity contribution >= 4 is 23.2 Å². The zero-order chi connectivity index (χ0) is 13.9. The molecule has 0 unspecified atom stereocenters. The predicted molar refractivity (Wildman–Crippen MR) is 77.9 cm³/mol. The molecule has 1 fully saturated rings. The van der Waals surface area contributed by atoms with Crippen molar-refractivity contribution in [1.82, 2.24) is 20.4 Å². The first-order valence-corrected chi connectivity index (χ1v) is 7.19. The van der Waals surface area contributed by atoms with Gasteiger partial charge in [0.25, 0.3) is 5.89 Å². The minimum Gasteiger partial charge on any atom is -0.334 e. The number of benzene rings is 1. The minimum absolute atomic E-state index is 0.405. The number of hydrogen-bond acceptors (Lipinski definition) is 5. The molecule has 1 aromatic heterocycles. The molecule has 0 amide bonds. The highest BCUT2D eigenvalue weighted by molar-refractivity contribution is 6.35. The van der Waals surface area contributed by atoms with Crippen LogP contribution in [0.2, 0.25) is 10.0 Å². The van der Waals surface area contributed by atoms with Crippen molar-refractivity contribution in [3.05, 3.63) is 34.1 Å². The van der Waals surface area contributed by atoms with Gasteiger partial charge in [0.05, 0.1) is 17.1 Å². The van der Waals surface area contributed by atoms with E-state index in [1.807, 2.05) is 0 Å². The van der Waals surface area contributed by atoms with E-state index in [2.05, 4.69) is 20.4 Å². The van der Waals surface area contributed by atoms with Crippen molar-refractivity contribution in [2.24, 2.45) is 0 Å². The molecule has 1 aliphatic heterocycles. The van der Waals surface area contributed by atoms with Crippen molar-refractivity contribution in [1.29, 1.82) is 0 Å². The second kappa shape index (κ2) is 6.10. The van der Waals surface area contributed by atoms with Gasteiger partial charge < -0.3 is 9.84 Å². The van der Waals surface area contributed by atoms with E-state index in [-0.39, 0.29) is 0 Å². The second-order valence-electron chi connectivity index (χ2n) is 4.67. The molecular formula is C13H14Cl2N4O. The molecule has 1 N–H and O–H groups in total. The lowest BCUT2D eigenvalue weighted by Crippen LogP contribution is -2.43. The number of halogens is 2. The van der Waals surface area contributed by atoms with E-state index in [0.29, 0.717) is 33.9 Å². The van der Waals surface area contributed by atoms with E-state index in [0.717, 1.165) is 26.2 Å². The number of hydrogen-bond donors (Lipinski definition) is 1. The van der Waals surface area contributed by atoms with Crippen molar-refractivity contribution in [3.8, 4) is 11.5 Å². The number of nitrogens with one attached hydrogen (secondary N) is 1. The lowest BCUT2D eigenvalue weighted by molar-refractivity contribution is 0.225. The molecular weight excluding hydrogens is 299 g/mol. The predicted octanol–water partition coefficient (Wildman–Crippen LogP) is 2.45. The summed E-state index contributed by atoms with van der Waals surface area (Å²) in [5.41, 5.74) is 0.665. The first kappa shape index (κ1) is 13.8. The van der Waals surface area contributed by atoms with Crippen LogP contribution in [-0.4, -0.2) is 41.2 Å². The standard InChI is InChI=1S/C13H14Cl2N4O/c14-9-1-2-11(15)10(7-9)13-17-12(18-20-13)8-19-5-3-16-4-6-19/h1-2,7,16H,3-6,8H2. The van der Waals surface area contributed by atoms with Crippen LogP contribution < -0.4 is 5.32 Å². The molecule has 2 aromatic rings. The van der Waals surface area contributed by atoms with Crippen LogP contribution in [0.3, 0.4) is 0 Å². The van der Waals surface area contributed by atoms with Crippen LogP contribution in [-0.2, 0) is 6.54 Å².